The molecule has 0 aliphatic heterocycles. The minimum Gasteiger partial charge on any atom is -0.456 e. The molecule has 16 heavy (non-hydrogen) atoms. The summed E-state index contributed by atoms with van der Waals surface area (Å²) in [4.78, 5) is 4.10. The molecule has 0 atom stereocenters. The number of halogens is 1. The highest BCUT2D eigenvalue weighted by atomic mass is 19.1. The Labute approximate surface area is 92.9 Å². The van der Waals surface area contributed by atoms with E-state index in [4.69, 9.17) is 4.74 Å². The van der Waals surface area contributed by atoms with Gasteiger partial charge in [0, 0.05) is 7.05 Å². The molecule has 2 aromatic rings. The van der Waals surface area contributed by atoms with E-state index in [0.29, 0.717) is 11.5 Å². The van der Waals surface area contributed by atoms with Crippen molar-refractivity contribution < 1.29 is 9.13 Å². The maximum atomic E-state index is 12.6. The Kier molecular flexibility index (Phi) is 3.00. The number of nitrogens with one attached hydrogen (secondary N) is 1. The van der Waals surface area contributed by atoms with Crippen molar-refractivity contribution >= 4 is 5.82 Å². The van der Waals surface area contributed by atoms with Crippen molar-refractivity contribution in [3.05, 3.63) is 48.4 Å². The molecule has 0 saturated heterocycles. The second-order valence-corrected chi connectivity index (χ2v) is 3.19. The maximum Gasteiger partial charge on any atom is 0.145 e. The fraction of sp³-hybridized carbons (Fsp3) is 0.0833. The molecule has 0 fully saturated rings. The average molecular weight is 218 g/mol. The highest BCUT2D eigenvalue weighted by Crippen LogP contribution is 2.21. The predicted molar refractivity (Wildman–Crippen MR) is 60.3 cm³/mol. The van der Waals surface area contributed by atoms with Crippen molar-refractivity contribution in [2.75, 3.05) is 12.4 Å². The summed E-state index contributed by atoms with van der Waals surface area (Å²) in [6.07, 6.45) is 1.61. The zero-order chi connectivity index (χ0) is 11.4. The number of benzene rings is 1. The SMILES string of the molecule is CNc1ccc(Oc2ccc(F)cc2)cn1. The van der Waals surface area contributed by atoms with Gasteiger partial charge in [-0.05, 0) is 36.4 Å². The van der Waals surface area contributed by atoms with Gasteiger partial charge in [-0.3, -0.25) is 0 Å². The summed E-state index contributed by atoms with van der Waals surface area (Å²) >= 11 is 0. The average Bonchev–Trinajstić information content (AvgIpc) is 2.33. The first-order chi connectivity index (χ1) is 7.78. The van der Waals surface area contributed by atoms with Crippen LogP contribution in [0, 0.1) is 5.82 Å². The van der Waals surface area contributed by atoms with Gasteiger partial charge >= 0.3 is 0 Å². The third-order valence-corrected chi connectivity index (χ3v) is 2.04. The summed E-state index contributed by atoms with van der Waals surface area (Å²) in [7, 11) is 1.79. The topological polar surface area (TPSA) is 34.1 Å². The van der Waals surface area contributed by atoms with E-state index in [0.717, 1.165) is 5.82 Å². The van der Waals surface area contributed by atoms with Crippen molar-refractivity contribution in [2.24, 2.45) is 0 Å². The van der Waals surface area contributed by atoms with E-state index in [-0.39, 0.29) is 5.82 Å². The van der Waals surface area contributed by atoms with Crippen LogP contribution >= 0.6 is 0 Å². The van der Waals surface area contributed by atoms with Crippen molar-refractivity contribution in [3.8, 4) is 11.5 Å². The van der Waals surface area contributed by atoms with Gasteiger partial charge in [-0.25, -0.2) is 9.37 Å². The van der Waals surface area contributed by atoms with Crippen LogP contribution in [0.1, 0.15) is 0 Å². The number of ether oxygens (including phenoxy) is 1. The van der Waals surface area contributed by atoms with Crippen molar-refractivity contribution in [1.29, 1.82) is 0 Å². The summed E-state index contributed by atoms with van der Waals surface area (Å²) < 4.78 is 18.1. The van der Waals surface area contributed by atoms with E-state index in [9.17, 15) is 4.39 Å². The lowest BCUT2D eigenvalue weighted by molar-refractivity contribution is 0.478. The fourth-order valence-corrected chi connectivity index (χ4v) is 1.23. The second-order valence-electron chi connectivity index (χ2n) is 3.19. The maximum absolute atomic E-state index is 12.6. The van der Waals surface area contributed by atoms with E-state index >= 15 is 0 Å². The van der Waals surface area contributed by atoms with Gasteiger partial charge in [0.15, 0.2) is 0 Å². The molecule has 0 bridgehead atoms. The van der Waals surface area contributed by atoms with E-state index in [1.54, 1.807) is 37.5 Å². The quantitative estimate of drug-likeness (QED) is 0.859. The molecule has 1 heterocycles. The van der Waals surface area contributed by atoms with Gasteiger partial charge in [-0.2, -0.15) is 0 Å². The molecule has 0 spiro atoms. The third kappa shape index (κ3) is 2.48. The number of anilines is 1. The summed E-state index contributed by atoms with van der Waals surface area (Å²) in [5, 5.41) is 2.91. The number of aromatic nitrogens is 1. The van der Waals surface area contributed by atoms with Crippen LogP contribution in [0.15, 0.2) is 42.6 Å². The number of pyridine rings is 1. The minimum atomic E-state index is -0.281. The summed E-state index contributed by atoms with van der Waals surface area (Å²) in [6.45, 7) is 0. The number of hydrogen-bond donors (Lipinski definition) is 1. The van der Waals surface area contributed by atoms with Crippen molar-refractivity contribution in [1.82, 2.24) is 4.98 Å². The van der Waals surface area contributed by atoms with Crippen LogP contribution in [-0.2, 0) is 0 Å². The van der Waals surface area contributed by atoms with Crippen LogP contribution in [0.25, 0.3) is 0 Å². The first-order valence-electron chi connectivity index (χ1n) is 4.85. The molecule has 82 valence electrons. The lowest BCUT2D eigenvalue weighted by Gasteiger charge is -2.05. The first-order valence-corrected chi connectivity index (χ1v) is 4.85. The molecule has 0 aliphatic carbocycles. The van der Waals surface area contributed by atoms with E-state index in [1.807, 2.05) is 0 Å². The smallest absolute Gasteiger partial charge is 0.145 e. The van der Waals surface area contributed by atoms with E-state index in [2.05, 4.69) is 10.3 Å². The Balaban J connectivity index is 2.11. The largest absolute Gasteiger partial charge is 0.456 e. The molecule has 1 aromatic carbocycles. The molecule has 0 amide bonds. The van der Waals surface area contributed by atoms with Crippen LogP contribution in [-0.4, -0.2) is 12.0 Å². The van der Waals surface area contributed by atoms with Crippen LogP contribution < -0.4 is 10.1 Å². The Morgan fingerprint density at radius 1 is 1.06 bits per heavy atom. The molecule has 1 N–H and O–H groups in total. The molecular formula is C12H11FN2O. The lowest BCUT2D eigenvalue weighted by atomic mass is 10.3. The van der Waals surface area contributed by atoms with E-state index < -0.39 is 0 Å². The molecule has 0 radical (unpaired) electrons. The fourth-order valence-electron chi connectivity index (χ4n) is 1.23. The van der Waals surface area contributed by atoms with Gasteiger partial charge in [-0.15, -0.1) is 0 Å². The van der Waals surface area contributed by atoms with Crippen LogP contribution in [0.4, 0.5) is 10.2 Å². The van der Waals surface area contributed by atoms with Gasteiger partial charge in [0.1, 0.15) is 23.1 Å². The summed E-state index contributed by atoms with van der Waals surface area (Å²) in [6, 6.07) is 9.44. The van der Waals surface area contributed by atoms with Gasteiger partial charge in [-0.1, -0.05) is 0 Å². The Hall–Kier alpha value is -2.10. The predicted octanol–water partition coefficient (Wildman–Crippen LogP) is 3.05. The first kappa shape index (κ1) is 10.4. The molecule has 0 aliphatic rings. The number of hydrogen-bond acceptors (Lipinski definition) is 3. The highest BCUT2D eigenvalue weighted by Gasteiger charge is 1.98. The Morgan fingerprint density at radius 3 is 2.31 bits per heavy atom. The van der Waals surface area contributed by atoms with Gasteiger partial charge in [0.2, 0.25) is 0 Å². The number of rotatable bonds is 3. The third-order valence-electron chi connectivity index (χ3n) is 2.04. The molecule has 1 aromatic heterocycles. The highest BCUT2D eigenvalue weighted by molar-refractivity contribution is 5.38. The number of nitrogens with zero attached hydrogens (tertiary/aromatic N) is 1. The minimum absolute atomic E-state index is 0.281. The zero-order valence-electron chi connectivity index (χ0n) is 8.77. The van der Waals surface area contributed by atoms with Crippen LogP contribution in [0.3, 0.4) is 0 Å². The lowest BCUT2D eigenvalue weighted by Crippen LogP contribution is -1.92. The Morgan fingerprint density at radius 2 is 1.75 bits per heavy atom. The van der Waals surface area contributed by atoms with Gasteiger partial charge in [0.25, 0.3) is 0 Å². The molecule has 2 rings (SSSR count). The van der Waals surface area contributed by atoms with E-state index in [1.165, 1.54) is 12.1 Å². The van der Waals surface area contributed by atoms with Crippen molar-refractivity contribution in [2.45, 2.75) is 0 Å². The monoisotopic (exact) mass is 218 g/mol. The van der Waals surface area contributed by atoms with Gasteiger partial charge < -0.3 is 10.1 Å². The molecular weight excluding hydrogens is 207 g/mol. The standard InChI is InChI=1S/C12H11FN2O/c1-14-12-7-6-11(8-15-12)16-10-4-2-9(13)3-5-10/h2-8H,1H3,(H,14,15). The van der Waals surface area contributed by atoms with Crippen LogP contribution in [0.5, 0.6) is 11.5 Å². The van der Waals surface area contributed by atoms with Crippen LogP contribution in [0.2, 0.25) is 0 Å². The Bertz CT molecular complexity index is 453. The molecule has 3 nitrogen and oxygen atoms in total. The van der Waals surface area contributed by atoms with Gasteiger partial charge in [0.05, 0.1) is 6.20 Å². The second kappa shape index (κ2) is 4.61. The zero-order valence-corrected chi connectivity index (χ0v) is 8.77. The molecule has 0 unspecified atom stereocenters. The molecule has 0 saturated carbocycles. The molecule has 4 heteroatoms. The normalized spacial score (nSPS) is 9.88. The van der Waals surface area contributed by atoms with Crippen molar-refractivity contribution in [3.63, 3.8) is 0 Å². The summed E-state index contributed by atoms with van der Waals surface area (Å²) in [5.74, 6) is 1.69. The summed E-state index contributed by atoms with van der Waals surface area (Å²) in [5.41, 5.74) is 0.